The van der Waals surface area contributed by atoms with Gasteiger partial charge in [0.25, 0.3) is 0 Å². The Morgan fingerprint density at radius 3 is 2.47 bits per heavy atom. The number of carbonyl (C=O) groups excluding carboxylic acids is 1. The van der Waals surface area contributed by atoms with E-state index in [4.69, 9.17) is 5.11 Å². The van der Waals surface area contributed by atoms with Crippen molar-refractivity contribution >= 4 is 27.7 Å². The molecule has 0 aromatic heterocycles. The van der Waals surface area contributed by atoms with Crippen LogP contribution in [-0.4, -0.2) is 16.9 Å². The molecule has 0 heterocycles. The molecule has 1 aromatic carbocycles. The molecule has 0 radical (unpaired) electrons. The molecule has 0 unspecified atom stereocenters. The zero-order valence-corrected chi connectivity index (χ0v) is 8.85. The average Bonchev–Trinajstić information content (AvgIpc) is 2.18. The monoisotopic (exact) mass is 278 g/mol. The van der Waals surface area contributed by atoms with Crippen molar-refractivity contribution in [3.8, 4) is 0 Å². The molecule has 0 aliphatic carbocycles. The van der Waals surface area contributed by atoms with Gasteiger partial charge in [-0.1, -0.05) is 0 Å². The zero-order chi connectivity index (χ0) is 11.6. The molecule has 0 aliphatic rings. The van der Waals surface area contributed by atoms with Crippen LogP contribution in [0.4, 0.5) is 8.78 Å². The van der Waals surface area contributed by atoms with Gasteiger partial charge in [-0.05, 0) is 28.1 Å². The third kappa shape index (κ3) is 2.59. The van der Waals surface area contributed by atoms with E-state index < -0.39 is 35.4 Å². The standard InChI is InChI=1S/C9H5BrF2O3/c10-5-1-2-6(11)4(8(5)12)3-7(13)9(14)15/h1-2H,3H2,(H,14,15). The summed E-state index contributed by atoms with van der Waals surface area (Å²) in [5.74, 6) is -4.87. The van der Waals surface area contributed by atoms with Gasteiger partial charge in [-0.3, -0.25) is 4.79 Å². The maximum absolute atomic E-state index is 13.3. The Hall–Kier alpha value is -1.30. The molecule has 1 aromatic rings. The topological polar surface area (TPSA) is 54.4 Å². The summed E-state index contributed by atoms with van der Waals surface area (Å²) in [7, 11) is 0. The normalized spacial score (nSPS) is 10.1. The second-order valence-electron chi connectivity index (χ2n) is 2.73. The smallest absolute Gasteiger partial charge is 0.372 e. The van der Waals surface area contributed by atoms with Crippen molar-refractivity contribution in [3.05, 3.63) is 33.8 Å². The van der Waals surface area contributed by atoms with Crippen LogP contribution >= 0.6 is 15.9 Å². The number of carboxylic acids is 1. The van der Waals surface area contributed by atoms with Gasteiger partial charge in [0.1, 0.15) is 11.6 Å². The maximum atomic E-state index is 13.3. The lowest BCUT2D eigenvalue weighted by molar-refractivity contribution is -0.148. The van der Waals surface area contributed by atoms with E-state index in [2.05, 4.69) is 15.9 Å². The molecule has 0 fully saturated rings. The first-order valence-electron chi connectivity index (χ1n) is 3.82. The van der Waals surface area contributed by atoms with Crippen LogP contribution in [-0.2, 0) is 16.0 Å². The molecule has 0 bridgehead atoms. The van der Waals surface area contributed by atoms with Gasteiger partial charge >= 0.3 is 5.97 Å². The number of rotatable bonds is 3. The molecule has 0 saturated heterocycles. The fraction of sp³-hybridized carbons (Fsp3) is 0.111. The number of benzene rings is 1. The molecule has 0 atom stereocenters. The number of hydrogen-bond acceptors (Lipinski definition) is 2. The Balaban J connectivity index is 3.09. The molecule has 0 spiro atoms. The minimum Gasteiger partial charge on any atom is -0.475 e. The highest BCUT2D eigenvalue weighted by Gasteiger charge is 2.19. The van der Waals surface area contributed by atoms with Crippen molar-refractivity contribution in [2.24, 2.45) is 0 Å². The maximum Gasteiger partial charge on any atom is 0.372 e. The van der Waals surface area contributed by atoms with Crippen molar-refractivity contribution in [1.82, 2.24) is 0 Å². The van der Waals surface area contributed by atoms with Gasteiger partial charge in [-0.15, -0.1) is 0 Å². The minimum absolute atomic E-state index is 0.0166. The Labute approximate surface area is 91.8 Å². The highest BCUT2D eigenvalue weighted by atomic mass is 79.9. The summed E-state index contributed by atoms with van der Waals surface area (Å²) in [5.41, 5.74) is -0.545. The third-order valence-electron chi connectivity index (χ3n) is 1.71. The van der Waals surface area contributed by atoms with E-state index >= 15 is 0 Å². The summed E-state index contributed by atoms with van der Waals surface area (Å²) in [6, 6.07) is 2.09. The number of carbonyl (C=O) groups is 2. The molecule has 0 amide bonds. The van der Waals surface area contributed by atoms with Crippen LogP contribution in [0.3, 0.4) is 0 Å². The summed E-state index contributed by atoms with van der Waals surface area (Å²) in [4.78, 5) is 21.0. The fourth-order valence-corrected chi connectivity index (χ4v) is 1.34. The average molecular weight is 279 g/mol. The Morgan fingerprint density at radius 1 is 1.33 bits per heavy atom. The molecular formula is C9H5BrF2O3. The van der Waals surface area contributed by atoms with Crippen molar-refractivity contribution in [2.75, 3.05) is 0 Å². The lowest BCUT2D eigenvalue weighted by Gasteiger charge is -2.03. The van der Waals surface area contributed by atoms with E-state index in [-0.39, 0.29) is 4.47 Å². The molecule has 15 heavy (non-hydrogen) atoms. The van der Waals surface area contributed by atoms with Gasteiger partial charge < -0.3 is 5.11 Å². The van der Waals surface area contributed by atoms with Crippen molar-refractivity contribution in [1.29, 1.82) is 0 Å². The van der Waals surface area contributed by atoms with E-state index in [9.17, 15) is 18.4 Å². The largest absolute Gasteiger partial charge is 0.475 e. The third-order valence-corrected chi connectivity index (χ3v) is 2.33. The van der Waals surface area contributed by atoms with Gasteiger partial charge in [-0.25, -0.2) is 13.6 Å². The van der Waals surface area contributed by atoms with Crippen molar-refractivity contribution < 1.29 is 23.5 Å². The highest BCUT2D eigenvalue weighted by Crippen LogP contribution is 2.22. The number of carboxylic acid groups (broad SMARTS) is 1. The van der Waals surface area contributed by atoms with Crippen LogP contribution < -0.4 is 0 Å². The second-order valence-corrected chi connectivity index (χ2v) is 3.58. The van der Waals surface area contributed by atoms with Gasteiger partial charge in [0.2, 0.25) is 5.78 Å². The first-order valence-corrected chi connectivity index (χ1v) is 4.61. The summed E-state index contributed by atoms with van der Waals surface area (Å²) in [5, 5.41) is 8.29. The highest BCUT2D eigenvalue weighted by molar-refractivity contribution is 9.10. The molecule has 0 saturated carbocycles. The predicted octanol–water partition coefficient (Wildman–Crippen LogP) is 1.92. The van der Waals surface area contributed by atoms with Crippen LogP contribution in [0.25, 0.3) is 0 Å². The van der Waals surface area contributed by atoms with Crippen molar-refractivity contribution in [3.63, 3.8) is 0 Å². The molecular weight excluding hydrogens is 274 g/mol. The van der Waals surface area contributed by atoms with Crippen LogP contribution in [0.2, 0.25) is 0 Å². The molecule has 0 aliphatic heterocycles. The second kappa shape index (κ2) is 4.48. The van der Waals surface area contributed by atoms with Gasteiger partial charge in [-0.2, -0.15) is 0 Å². The van der Waals surface area contributed by atoms with Crippen LogP contribution in [0.5, 0.6) is 0 Å². The zero-order valence-electron chi connectivity index (χ0n) is 7.26. The van der Waals surface area contributed by atoms with Gasteiger partial charge in [0.15, 0.2) is 0 Å². The van der Waals surface area contributed by atoms with E-state index in [1.807, 2.05) is 0 Å². The SMILES string of the molecule is O=C(O)C(=O)Cc1c(F)ccc(Br)c1F. The number of ketones is 1. The first-order chi connectivity index (χ1) is 6.93. The molecule has 80 valence electrons. The molecule has 6 heteroatoms. The van der Waals surface area contributed by atoms with E-state index in [0.717, 1.165) is 12.1 Å². The number of halogens is 3. The lowest BCUT2D eigenvalue weighted by atomic mass is 10.1. The summed E-state index contributed by atoms with van der Waals surface area (Å²) >= 11 is 2.81. The molecule has 1 rings (SSSR count). The van der Waals surface area contributed by atoms with Crippen LogP contribution in [0, 0.1) is 11.6 Å². The summed E-state index contributed by atoms with van der Waals surface area (Å²) in [6.45, 7) is 0. The molecule has 3 nitrogen and oxygen atoms in total. The van der Waals surface area contributed by atoms with E-state index in [0.29, 0.717) is 0 Å². The fourth-order valence-electron chi connectivity index (χ4n) is 0.967. The number of Topliss-reactive ketones (excluding diaryl/α,β-unsaturated/α-hetero) is 1. The Bertz CT molecular complexity index is 432. The predicted molar refractivity (Wildman–Crippen MR) is 50.4 cm³/mol. The molecule has 1 N–H and O–H groups in total. The number of aliphatic carboxylic acids is 1. The van der Waals surface area contributed by atoms with E-state index in [1.165, 1.54) is 0 Å². The number of hydrogen-bond donors (Lipinski definition) is 1. The Morgan fingerprint density at radius 2 is 1.93 bits per heavy atom. The van der Waals surface area contributed by atoms with Crippen LogP contribution in [0.15, 0.2) is 16.6 Å². The van der Waals surface area contributed by atoms with Crippen molar-refractivity contribution in [2.45, 2.75) is 6.42 Å². The quantitative estimate of drug-likeness (QED) is 0.679. The van der Waals surface area contributed by atoms with Crippen LogP contribution in [0.1, 0.15) is 5.56 Å². The van der Waals surface area contributed by atoms with Gasteiger partial charge in [0.05, 0.1) is 4.47 Å². The first kappa shape index (κ1) is 11.8. The summed E-state index contributed by atoms with van der Waals surface area (Å²) < 4.78 is 26.3. The minimum atomic E-state index is -1.71. The summed E-state index contributed by atoms with van der Waals surface area (Å²) in [6.07, 6.45) is -0.799. The van der Waals surface area contributed by atoms with E-state index in [1.54, 1.807) is 0 Å². The lowest BCUT2D eigenvalue weighted by Crippen LogP contribution is -2.17. The van der Waals surface area contributed by atoms with Gasteiger partial charge in [0, 0.05) is 12.0 Å². The Kier molecular flexibility index (Phi) is 3.52.